The Bertz CT molecular complexity index is 218. The van der Waals surface area contributed by atoms with Gasteiger partial charge in [-0.3, -0.25) is 15.0 Å². The summed E-state index contributed by atoms with van der Waals surface area (Å²) in [5.41, 5.74) is 1.66. The van der Waals surface area contributed by atoms with Gasteiger partial charge in [-0.1, -0.05) is 6.92 Å². The number of carbonyl (C=O) groups is 2. The lowest BCUT2D eigenvalue weighted by molar-refractivity contribution is -0.141. The average Bonchev–Trinajstić information content (AvgIpc) is 2.09. The lowest BCUT2D eigenvalue weighted by atomic mass is 9.75. The van der Waals surface area contributed by atoms with Gasteiger partial charge in [0.15, 0.2) is 0 Å². The zero-order valence-corrected chi connectivity index (χ0v) is 7.72. The highest BCUT2D eigenvalue weighted by Crippen LogP contribution is 2.34. The number of rotatable bonds is 2. The van der Waals surface area contributed by atoms with Gasteiger partial charge in [-0.15, -0.1) is 0 Å². The van der Waals surface area contributed by atoms with Crippen LogP contribution in [-0.4, -0.2) is 17.4 Å². The normalized spacial score (nSPS) is 18.6. The fourth-order valence-electron chi connectivity index (χ4n) is 1.53. The lowest BCUT2D eigenvalue weighted by Gasteiger charge is -2.41. The zero-order valence-electron chi connectivity index (χ0n) is 7.72. The number of amides is 2. The molecule has 0 heterocycles. The van der Waals surface area contributed by atoms with Crippen molar-refractivity contribution in [3.8, 4) is 0 Å². The van der Waals surface area contributed by atoms with Gasteiger partial charge < -0.3 is 5.32 Å². The van der Waals surface area contributed by atoms with Crippen LogP contribution in [0.15, 0.2) is 0 Å². The molecule has 0 saturated heterocycles. The molecule has 5 nitrogen and oxygen atoms in total. The van der Waals surface area contributed by atoms with E-state index in [4.69, 9.17) is 5.84 Å². The second-order valence-electron chi connectivity index (χ2n) is 3.42. The number of nitrogens with two attached hydrogens (primary N) is 1. The number of carbonyl (C=O) groups excluding carboxylic acids is 2. The first-order valence-corrected chi connectivity index (χ1v) is 4.46. The maximum Gasteiger partial charge on any atom is 0.323 e. The molecular formula is C8H15N3O2. The molecule has 1 fully saturated rings. The number of nitrogens with one attached hydrogen (secondary N) is 2. The standard InChI is InChI=1S/C8H15N3O2/c1-2-8(4-3-5-8)10-6(12)7(13)11-9/h2-5,9H2,1H3,(H,10,12)(H,11,13). The monoisotopic (exact) mass is 185 g/mol. The third kappa shape index (κ3) is 1.98. The van der Waals surface area contributed by atoms with Crippen molar-refractivity contribution in [2.24, 2.45) is 5.84 Å². The molecular weight excluding hydrogens is 170 g/mol. The van der Waals surface area contributed by atoms with Gasteiger partial charge in [0.2, 0.25) is 0 Å². The molecule has 0 aliphatic heterocycles. The lowest BCUT2D eigenvalue weighted by Crippen LogP contribution is -2.57. The summed E-state index contributed by atoms with van der Waals surface area (Å²) in [5.74, 6) is 3.42. The van der Waals surface area contributed by atoms with E-state index in [0.717, 1.165) is 25.7 Å². The molecule has 2 amide bonds. The van der Waals surface area contributed by atoms with Crippen LogP contribution < -0.4 is 16.6 Å². The topological polar surface area (TPSA) is 84.2 Å². The minimum Gasteiger partial charge on any atom is -0.342 e. The van der Waals surface area contributed by atoms with E-state index in [1.54, 1.807) is 0 Å². The molecule has 0 aromatic rings. The van der Waals surface area contributed by atoms with Crippen LogP contribution in [0.4, 0.5) is 0 Å². The van der Waals surface area contributed by atoms with Crippen LogP contribution in [0, 0.1) is 0 Å². The number of hydrazine groups is 1. The summed E-state index contributed by atoms with van der Waals surface area (Å²) in [5, 5.41) is 2.70. The molecule has 0 unspecified atom stereocenters. The van der Waals surface area contributed by atoms with E-state index in [1.807, 2.05) is 12.3 Å². The second kappa shape index (κ2) is 3.74. The Morgan fingerprint density at radius 2 is 2.00 bits per heavy atom. The Labute approximate surface area is 77.0 Å². The Morgan fingerprint density at radius 1 is 1.38 bits per heavy atom. The molecule has 0 aromatic heterocycles. The highest BCUT2D eigenvalue weighted by Gasteiger charge is 2.37. The van der Waals surface area contributed by atoms with E-state index in [9.17, 15) is 9.59 Å². The second-order valence-corrected chi connectivity index (χ2v) is 3.42. The van der Waals surface area contributed by atoms with E-state index in [0.29, 0.717) is 0 Å². The minimum atomic E-state index is -0.778. The van der Waals surface area contributed by atoms with Crippen molar-refractivity contribution in [1.82, 2.24) is 10.7 Å². The predicted octanol–water partition coefficient (Wildman–Crippen LogP) is -0.575. The largest absolute Gasteiger partial charge is 0.342 e. The molecule has 13 heavy (non-hydrogen) atoms. The van der Waals surface area contributed by atoms with E-state index in [2.05, 4.69) is 5.32 Å². The number of hydrogen-bond donors (Lipinski definition) is 3. The zero-order chi connectivity index (χ0) is 9.90. The van der Waals surface area contributed by atoms with E-state index in [1.165, 1.54) is 0 Å². The van der Waals surface area contributed by atoms with Crippen molar-refractivity contribution in [2.45, 2.75) is 38.1 Å². The fraction of sp³-hybridized carbons (Fsp3) is 0.750. The van der Waals surface area contributed by atoms with Crippen LogP contribution in [0.25, 0.3) is 0 Å². The molecule has 1 rings (SSSR count). The maximum absolute atomic E-state index is 11.1. The highest BCUT2D eigenvalue weighted by atomic mass is 16.2. The van der Waals surface area contributed by atoms with E-state index in [-0.39, 0.29) is 5.54 Å². The summed E-state index contributed by atoms with van der Waals surface area (Å²) in [4.78, 5) is 21.9. The van der Waals surface area contributed by atoms with Gasteiger partial charge in [0, 0.05) is 5.54 Å². The molecule has 0 atom stereocenters. The van der Waals surface area contributed by atoms with Crippen molar-refractivity contribution in [2.75, 3.05) is 0 Å². The van der Waals surface area contributed by atoms with Gasteiger partial charge in [-0.05, 0) is 25.7 Å². The Hall–Kier alpha value is -1.10. The first-order valence-electron chi connectivity index (χ1n) is 4.46. The van der Waals surface area contributed by atoms with Crippen molar-refractivity contribution in [3.63, 3.8) is 0 Å². The van der Waals surface area contributed by atoms with Crippen molar-refractivity contribution in [3.05, 3.63) is 0 Å². The molecule has 0 aromatic carbocycles. The molecule has 1 aliphatic carbocycles. The molecule has 1 saturated carbocycles. The molecule has 4 N–H and O–H groups in total. The van der Waals surface area contributed by atoms with Crippen LogP contribution in [-0.2, 0) is 9.59 Å². The summed E-state index contributed by atoms with van der Waals surface area (Å²) in [6.07, 6.45) is 3.87. The molecule has 0 radical (unpaired) electrons. The van der Waals surface area contributed by atoms with Gasteiger partial charge >= 0.3 is 11.8 Å². The molecule has 74 valence electrons. The third-order valence-corrected chi connectivity index (χ3v) is 2.70. The van der Waals surface area contributed by atoms with Crippen LogP contribution in [0.2, 0.25) is 0 Å². The van der Waals surface area contributed by atoms with Crippen molar-refractivity contribution >= 4 is 11.8 Å². The van der Waals surface area contributed by atoms with Crippen LogP contribution in [0.3, 0.4) is 0 Å². The van der Waals surface area contributed by atoms with Gasteiger partial charge in [0.25, 0.3) is 0 Å². The summed E-state index contributed by atoms with van der Waals surface area (Å²) >= 11 is 0. The summed E-state index contributed by atoms with van der Waals surface area (Å²) in [6, 6.07) is 0. The first kappa shape index (κ1) is 9.98. The smallest absolute Gasteiger partial charge is 0.323 e. The summed E-state index contributed by atoms with van der Waals surface area (Å²) in [7, 11) is 0. The molecule has 1 aliphatic rings. The molecule has 0 spiro atoms. The SMILES string of the molecule is CCC1(NC(=O)C(=O)NN)CCC1. The average molecular weight is 185 g/mol. The molecule has 5 heteroatoms. The highest BCUT2D eigenvalue weighted by molar-refractivity contribution is 6.35. The van der Waals surface area contributed by atoms with Gasteiger partial charge in [0.05, 0.1) is 0 Å². The molecule has 0 bridgehead atoms. The summed E-state index contributed by atoms with van der Waals surface area (Å²) < 4.78 is 0. The fourth-order valence-corrected chi connectivity index (χ4v) is 1.53. The van der Waals surface area contributed by atoms with Gasteiger partial charge in [-0.25, -0.2) is 5.84 Å². The van der Waals surface area contributed by atoms with E-state index >= 15 is 0 Å². The quantitative estimate of drug-likeness (QED) is 0.233. The van der Waals surface area contributed by atoms with Crippen LogP contribution >= 0.6 is 0 Å². The first-order chi connectivity index (χ1) is 6.13. The van der Waals surface area contributed by atoms with Gasteiger partial charge in [-0.2, -0.15) is 0 Å². The summed E-state index contributed by atoms with van der Waals surface area (Å²) in [6.45, 7) is 2.00. The van der Waals surface area contributed by atoms with Crippen molar-refractivity contribution < 1.29 is 9.59 Å². The predicted molar refractivity (Wildman–Crippen MR) is 47.3 cm³/mol. The Balaban J connectivity index is 2.47. The minimum absolute atomic E-state index is 0.149. The third-order valence-electron chi connectivity index (χ3n) is 2.70. The van der Waals surface area contributed by atoms with Gasteiger partial charge in [0.1, 0.15) is 0 Å². The Kier molecular flexibility index (Phi) is 2.87. The van der Waals surface area contributed by atoms with Crippen LogP contribution in [0.5, 0.6) is 0 Å². The van der Waals surface area contributed by atoms with Crippen molar-refractivity contribution in [1.29, 1.82) is 0 Å². The van der Waals surface area contributed by atoms with Crippen LogP contribution in [0.1, 0.15) is 32.6 Å². The number of hydrogen-bond acceptors (Lipinski definition) is 3. The Morgan fingerprint density at radius 3 is 2.31 bits per heavy atom. The van der Waals surface area contributed by atoms with E-state index < -0.39 is 11.8 Å². The maximum atomic E-state index is 11.1.